The molecular weight excluding hydrogens is 452 g/mol. The van der Waals surface area contributed by atoms with Crippen LogP contribution in [0.1, 0.15) is 18.4 Å². The summed E-state index contributed by atoms with van der Waals surface area (Å²) in [5.41, 5.74) is 2.87. The maximum absolute atomic E-state index is 13.1. The predicted octanol–water partition coefficient (Wildman–Crippen LogP) is 4.84. The van der Waals surface area contributed by atoms with Crippen LogP contribution in [0.15, 0.2) is 78.9 Å². The Bertz CT molecular complexity index is 1150. The van der Waals surface area contributed by atoms with Gasteiger partial charge < -0.3 is 20.9 Å². The fourth-order valence-corrected chi connectivity index (χ4v) is 3.92. The monoisotopic (exact) mass is 476 g/mol. The van der Waals surface area contributed by atoms with Crippen LogP contribution in [0.4, 0.5) is 21.9 Å². The van der Waals surface area contributed by atoms with Gasteiger partial charge in [-0.25, -0.2) is 4.79 Å². The molecule has 1 saturated heterocycles. The van der Waals surface area contributed by atoms with Gasteiger partial charge in [-0.15, -0.1) is 0 Å². The van der Waals surface area contributed by atoms with Gasteiger partial charge in [-0.3, -0.25) is 9.59 Å². The summed E-state index contributed by atoms with van der Waals surface area (Å²) in [5, 5.41) is 8.91. The van der Waals surface area contributed by atoms with Crippen molar-refractivity contribution in [2.75, 3.05) is 22.1 Å². The minimum absolute atomic E-state index is 0.107. The van der Waals surface area contributed by atoms with Crippen molar-refractivity contribution >= 4 is 46.5 Å². The molecule has 0 bridgehead atoms. The van der Waals surface area contributed by atoms with Gasteiger partial charge in [-0.2, -0.15) is 0 Å². The first-order valence-corrected chi connectivity index (χ1v) is 11.4. The zero-order chi connectivity index (χ0) is 23.9. The molecule has 3 N–H and O–H groups in total. The number of amides is 4. The summed E-state index contributed by atoms with van der Waals surface area (Å²) in [6.45, 7) is 0.705. The van der Waals surface area contributed by atoms with Gasteiger partial charge in [0, 0.05) is 41.5 Å². The van der Waals surface area contributed by atoms with Crippen molar-refractivity contribution in [3.63, 3.8) is 0 Å². The maximum atomic E-state index is 13.1. The lowest BCUT2D eigenvalue weighted by atomic mass is 10.1. The Balaban J connectivity index is 1.44. The molecule has 0 aromatic heterocycles. The van der Waals surface area contributed by atoms with Gasteiger partial charge in [-0.1, -0.05) is 41.9 Å². The van der Waals surface area contributed by atoms with Crippen LogP contribution < -0.4 is 20.9 Å². The molecule has 0 radical (unpaired) electrons. The van der Waals surface area contributed by atoms with E-state index < -0.39 is 12.1 Å². The Morgan fingerprint density at radius 1 is 0.882 bits per heavy atom. The minimum atomic E-state index is -0.811. The minimum Gasteiger partial charge on any atom is -0.326 e. The topological polar surface area (TPSA) is 90.5 Å². The van der Waals surface area contributed by atoms with Crippen molar-refractivity contribution < 1.29 is 14.4 Å². The molecule has 174 valence electrons. The van der Waals surface area contributed by atoms with E-state index in [1.54, 1.807) is 41.3 Å². The molecule has 3 aromatic rings. The van der Waals surface area contributed by atoms with Crippen LogP contribution in [0.5, 0.6) is 0 Å². The van der Waals surface area contributed by atoms with Crippen LogP contribution in [0.3, 0.4) is 0 Å². The fourth-order valence-electron chi connectivity index (χ4n) is 3.79. The Morgan fingerprint density at radius 3 is 2.18 bits per heavy atom. The Hall–Kier alpha value is -3.84. The highest BCUT2D eigenvalue weighted by atomic mass is 35.5. The Labute approximate surface area is 203 Å². The number of anilines is 3. The summed E-state index contributed by atoms with van der Waals surface area (Å²) >= 11 is 5.89. The molecule has 0 aliphatic carbocycles. The average molecular weight is 477 g/mol. The number of benzene rings is 3. The van der Waals surface area contributed by atoms with E-state index in [1.807, 2.05) is 42.5 Å². The normalized spacial score (nSPS) is 13.9. The first-order chi connectivity index (χ1) is 16.5. The Morgan fingerprint density at radius 2 is 1.53 bits per heavy atom. The third-order valence-corrected chi connectivity index (χ3v) is 5.78. The lowest BCUT2D eigenvalue weighted by Crippen LogP contribution is -2.46. The van der Waals surface area contributed by atoms with Crippen LogP contribution in [0, 0.1) is 0 Å². The van der Waals surface area contributed by atoms with Gasteiger partial charge >= 0.3 is 6.03 Å². The highest BCUT2D eigenvalue weighted by Gasteiger charge is 2.23. The molecule has 0 unspecified atom stereocenters. The van der Waals surface area contributed by atoms with Gasteiger partial charge in [-0.05, 0) is 60.5 Å². The zero-order valence-corrected chi connectivity index (χ0v) is 19.2. The molecule has 1 aliphatic heterocycles. The van der Waals surface area contributed by atoms with Gasteiger partial charge in [0.15, 0.2) is 0 Å². The molecule has 3 aromatic carbocycles. The van der Waals surface area contributed by atoms with Crippen molar-refractivity contribution in [3.05, 3.63) is 89.4 Å². The number of urea groups is 1. The number of nitrogens with zero attached hydrogens (tertiary/aromatic N) is 1. The number of carbonyl (C=O) groups is 3. The number of halogens is 1. The van der Waals surface area contributed by atoms with Crippen molar-refractivity contribution in [1.82, 2.24) is 5.32 Å². The van der Waals surface area contributed by atoms with Crippen LogP contribution >= 0.6 is 11.6 Å². The molecule has 7 nitrogen and oxygen atoms in total. The third kappa shape index (κ3) is 6.14. The van der Waals surface area contributed by atoms with E-state index in [2.05, 4.69) is 16.0 Å². The molecule has 4 amide bonds. The molecular formula is C26H25ClN4O3. The van der Waals surface area contributed by atoms with Crippen molar-refractivity contribution in [2.45, 2.75) is 25.3 Å². The highest BCUT2D eigenvalue weighted by Crippen LogP contribution is 2.23. The first-order valence-electron chi connectivity index (χ1n) is 11.1. The first kappa shape index (κ1) is 23.3. The molecule has 4 rings (SSSR count). The lowest BCUT2D eigenvalue weighted by molar-refractivity contribution is -0.118. The van der Waals surface area contributed by atoms with Gasteiger partial charge in [0.1, 0.15) is 6.04 Å². The summed E-state index contributed by atoms with van der Waals surface area (Å²) in [6.07, 6.45) is 1.73. The predicted molar refractivity (Wildman–Crippen MR) is 134 cm³/mol. The maximum Gasteiger partial charge on any atom is 0.319 e. The SMILES string of the molecule is O=C(Nc1ccc(Cl)cc1)N[C@@H](Cc1ccccc1)C(=O)Nc1ccc(N2CCCC2=O)cc1. The van der Waals surface area contributed by atoms with Crippen LogP contribution in [-0.4, -0.2) is 30.4 Å². The molecule has 1 atom stereocenters. The number of rotatable bonds is 7. The van der Waals surface area contributed by atoms with E-state index in [0.717, 1.165) is 17.7 Å². The van der Waals surface area contributed by atoms with E-state index in [1.165, 1.54) is 0 Å². The second-order valence-electron chi connectivity index (χ2n) is 8.03. The summed E-state index contributed by atoms with van der Waals surface area (Å²) < 4.78 is 0. The molecule has 1 heterocycles. The number of nitrogens with one attached hydrogen (secondary N) is 3. The highest BCUT2D eigenvalue weighted by molar-refractivity contribution is 6.30. The summed E-state index contributed by atoms with van der Waals surface area (Å²) in [5.74, 6) is -0.240. The quantitative estimate of drug-likeness (QED) is 0.455. The molecule has 34 heavy (non-hydrogen) atoms. The summed E-state index contributed by atoms with van der Waals surface area (Å²) in [7, 11) is 0. The van der Waals surface area contributed by atoms with Gasteiger partial charge in [0.05, 0.1) is 0 Å². The zero-order valence-electron chi connectivity index (χ0n) is 18.5. The number of hydrogen-bond acceptors (Lipinski definition) is 3. The van der Waals surface area contributed by atoms with Gasteiger partial charge in [0.25, 0.3) is 0 Å². The van der Waals surface area contributed by atoms with Crippen LogP contribution in [0.2, 0.25) is 5.02 Å². The lowest BCUT2D eigenvalue weighted by Gasteiger charge is -2.20. The molecule has 0 spiro atoms. The largest absolute Gasteiger partial charge is 0.326 e. The van der Waals surface area contributed by atoms with Gasteiger partial charge in [0.2, 0.25) is 11.8 Å². The molecule has 8 heteroatoms. The fraction of sp³-hybridized carbons (Fsp3) is 0.192. The van der Waals surface area contributed by atoms with E-state index >= 15 is 0 Å². The smallest absolute Gasteiger partial charge is 0.319 e. The van der Waals surface area contributed by atoms with Crippen LogP contribution in [-0.2, 0) is 16.0 Å². The van der Waals surface area contributed by atoms with Crippen molar-refractivity contribution in [3.8, 4) is 0 Å². The van der Waals surface area contributed by atoms with Crippen LogP contribution in [0.25, 0.3) is 0 Å². The van der Waals surface area contributed by atoms with Crippen molar-refractivity contribution in [1.29, 1.82) is 0 Å². The van der Waals surface area contributed by atoms with E-state index in [9.17, 15) is 14.4 Å². The van der Waals surface area contributed by atoms with E-state index in [0.29, 0.717) is 35.8 Å². The number of carbonyl (C=O) groups excluding carboxylic acids is 3. The average Bonchev–Trinajstić information content (AvgIpc) is 3.27. The summed E-state index contributed by atoms with van der Waals surface area (Å²) in [6, 6.07) is 22.0. The molecule has 1 aliphatic rings. The number of hydrogen-bond donors (Lipinski definition) is 3. The second-order valence-corrected chi connectivity index (χ2v) is 8.47. The second kappa shape index (κ2) is 10.9. The standard InChI is InChI=1S/C26H25ClN4O3/c27-19-8-10-21(11-9-19)29-26(34)30-23(17-18-5-2-1-3-6-18)25(33)28-20-12-14-22(15-13-20)31-16-4-7-24(31)32/h1-3,5-6,8-15,23H,4,7,16-17H2,(H,28,33)(H2,29,30,34)/t23-/m0/s1. The summed E-state index contributed by atoms with van der Waals surface area (Å²) in [4.78, 5) is 39.4. The Kier molecular flexibility index (Phi) is 7.44. The molecule has 1 fully saturated rings. The van der Waals surface area contributed by atoms with Crippen molar-refractivity contribution in [2.24, 2.45) is 0 Å². The van der Waals surface area contributed by atoms with E-state index in [4.69, 9.17) is 11.6 Å². The third-order valence-electron chi connectivity index (χ3n) is 5.53. The van der Waals surface area contributed by atoms with E-state index in [-0.39, 0.29) is 11.8 Å². The molecule has 0 saturated carbocycles.